The summed E-state index contributed by atoms with van der Waals surface area (Å²) in [5.41, 5.74) is 3.51. The van der Waals surface area contributed by atoms with Gasteiger partial charge in [-0.1, -0.05) is 91.0 Å². The summed E-state index contributed by atoms with van der Waals surface area (Å²) in [6, 6.07) is 30.9. The van der Waals surface area contributed by atoms with Gasteiger partial charge in [0, 0.05) is 5.92 Å². The molecule has 166 valence electrons. The third-order valence-corrected chi connectivity index (χ3v) is 6.28. The van der Waals surface area contributed by atoms with Crippen LogP contribution in [-0.2, 0) is 38.8 Å². The van der Waals surface area contributed by atoms with E-state index < -0.39 is 0 Å². The molecule has 3 aromatic carbocycles. The van der Waals surface area contributed by atoms with Gasteiger partial charge in [0.2, 0.25) is 0 Å². The Bertz CT molecular complexity index is 947. The second kappa shape index (κ2) is 10.4. The van der Waals surface area contributed by atoms with Crippen LogP contribution in [-0.4, -0.2) is 31.0 Å². The van der Waals surface area contributed by atoms with Gasteiger partial charge in [-0.25, -0.2) is 0 Å². The van der Waals surface area contributed by atoms with Crippen molar-refractivity contribution in [2.24, 2.45) is 5.92 Å². The Morgan fingerprint density at radius 3 is 1.69 bits per heavy atom. The first-order valence-electron chi connectivity index (χ1n) is 11.4. The van der Waals surface area contributed by atoms with Gasteiger partial charge >= 0.3 is 0 Å². The van der Waals surface area contributed by atoms with Gasteiger partial charge in [0.1, 0.15) is 12.2 Å². The summed E-state index contributed by atoms with van der Waals surface area (Å²) >= 11 is 0. The van der Waals surface area contributed by atoms with Crippen LogP contribution in [0.5, 0.6) is 0 Å². The fraction of sp³-hybridized carbons (Fsp3) is 0.357. The fourth-order valence-corrected chi connectivity index (χ4v) is 4.54. The highest BCUT2D eigenvalue weighted by Gasteiger charge is 2.56. The Kier molecular flexibility index (Phi) is 6.95. The smallest absolute Gasteiger partial charge is 0.113 e. The third-order valence-electron chi connectivity index (χ3n) is 6.28. The maximum absolute atomic E-state index is 6.50. The van der Waals surface area contributed by atoms with E-state index in [4.69, 9.17) is 18.9 Å². The molecule has 1 saturated carbocycles. The summed E-state index contributed by atoms with van der Waals surface area (Å²) in [6.45, 7) is 2.35. The zero-order valence-electron chi connectivity index (χ0n) is 18.2. The Hall–Kier alpha value is -2.50. The van der Waals surface area contributed by atoms with E-state index in [0.717, 1.165) is 17.5 Å². The zero-order chi connectivity index (χ0) is 21.6. The van der Waals surface area contributed by atoms with Crippen LogP contribution >= 0.6 is 0 Å². The predicted molar refractivity (Wildman–Crippen MR) is 123 cm³/mol. The molecule has 2 fully saturated rings. The van der Waals surface area contributed by atoms with Gasteiger partial charge in [-0.05, 0) is 23.1 Å². The van der Waals surface area contributed by atoms with Gasteiger partial charge in [0.15, 0.2) is 0 Å². The van der Waals surface area contributed by atoms with Crippen molar-refractivity contribution in [2.45, 2.75) is 50.7 Å². The summed E-state index contributed by atoms with van der Waals surface area (Å²) in [5, 5.41) is 0. The first kappa shape index (κ1) is 21.4. The summed E-state index contributed by atoms with van der Waals surface area (Å²) in [7, 11) is 0. The minimum atomic E-state index is -0.0945. The summed E-state index contributed by atoms with van der Waals surface area (Å²) in [4.78, 5) is 0. The molecule has 0 N–H and O–H groups in total. The number of rotatable bonds is 10. The lowest BCUT2D eigenvalue weighted by atomic mass is 9.84. The summed E-state index contributed by atoms with van der Waals surface area (Å²) < 4.78 is 25.0. The van der Waals surface area contributed by atoms with E-state index in [0.29, 0.717) is 26.4 Å². The average Bonchev–Trinajstić information content (AvgIpc) is 3.63. The maximum atomic E-state index is 6.50. The van der Waals surface area contributed by atoms with Crippen LogP contribution in [0.2, 0.25) is 0 Å². The zero-order valence-corrected chi connectivity index (χ0v) is 18.2. The molecular formula is C28H30O4. The van der Waals surface area contributed by atoms with E-state index in [1.54, 1.807) is 0 Å². The molecule has 1 aliphatic heterocycles. The lowest BCUT2D eigenvalue weighted by Gasteiger charge is -2.35. The quantitative estimate of drug-likeness (QED) is 0.417. The van der Waals surface area contributed by atoms with E-state index in [9.17, 15) is 0 Å². The maximum Gasteiger partial charge on any atom is 0.113 e. The highest BCUT2D eigenvalue weighted by Crippen LogP contribution is 2.43. The molecule has 3 aromatic rings. The molecule has 32 heavy (non-hydrogen) atoms. The molecule has 5 rings (SSSR count). The number of hydrogen-bond donors (Lipinski definition) is 0. The van der Waals surface area contributed by atoms with Crippen molar-refractivity contribution in [3.63, 3.8) is 0 Å². The highest BCUT2D eigenvalue weighted by atomic mass is 16.6. The van der Waals surface area contributed by atoms with Crippen molar-refractivity contribution in [3.8, 4) is 0 Å². The van der Waals surface area contributed by atoms with Crippen molar-refractivity contribution < 1.29 is 18.9 Å². The van der Waals surface area contributed by atoms with E-state index in [1.807, 2.05) is 54.6 Å². The molecule has 0 amide bonds. The second-order valence-corrected chi connectivity index (χ2v) is 8.66. The van der Waals surface area contributed by atoms with Gasteiger partial charge in [-0.3, -0.25) is 0 Å². The lowest BCUT2D eigenvalue weighted by Crippen LogP contribution is -2.47. The normalized spacial score (nSPS) is 26.4. The van der Waals surface area contributed by atoms with Crippen molar-refractivity contribution >= 4 is 0 Å². The molecule has 4 heteroatoms. The number of hydrogen-bond acceptors (Lipinski definition) is 4. The molecular weight excluding hydrogens is 400 g/mol. The van der Waals surface area contributed by atoms with Crippen LogP contribution in [0, 0.1) is 5.92 Å². The molecule has 1 heterocycles. The molecule has 0 radical (unpaired) electrons. The van der Waals surface area contributed by atoms with Crippen LogP contribution in [0.25, 0.3) is 0 Å². The van der Waals surface area contributed by atoms with E-state index in [-0.39, 0.29) is 30.3 Å². The van der Waals surface area contributed by atoms with Gasteiger partial charge in [0.05, 0.1) is 38.6 Å². The Morgan fingerprint density at radius 2 is 1.12 bits per heavy atom. The van der Waals surface area contributed by atoms with E-state index >= 15 is 0 Å². The standard InChI is InChI=1S/C28H30O4/c1-4-10-21(11-5-1)17-29-20-24-16-25-27(32-25)28(31-19-23-14-8-3-9-15-23)26(24)30-18-22-12-6-2-7-13-22/h1-15,24-28H,16-20H2/t24-,25-,26-,27-,28+/m1/s1. The molecule has 0 unspecified atom stereocenters. The SMILES string of the molecule is c1ccc(COC[C@H]2C[C@H]3O[C@H]3[C@@H](OCc3ccccc3)[C@@H]2OCc2ccccc2)cc1. The monoisotopic (exact) mass is 430 g/mol. The van der Waals surface area contributed by atoms with Crippen LogP contribution in [0.15, 0.2) is 91.0 Å². The number of ether oxygens (including phenoxy) is 4. The van der Waals surface area contributed by atoms with Gasteiger partial charge in [-0.15, -0.1) is 0 Å². The summed E-state index contributed by atoms with van der Waals surface area (Å²) in [6.07, 6.45) is 1.15. The molecule has 0 aromatic heterocycles. The molecule has 1 aliphatic carbocycles. The van der Waals surface area contributed by atoms with Gasteiger partial charge in [-0.2, -0.15) is 0 Å². The lowest BCUT2D eigenvalue weighted by molar-refractivity contribution is -0.135. The van der Waals surface area contributed by atoms with Crippen LogP contribution in [0.4, 0.5) is 0 Å². The van der Waals surface area contributed by atoms with Crippen molar-refractivity contribution in [2.75, 3.05) is 6.61 Å². The highest BCUT2D eigenvalue weighted by molar-refractivity contribution is 5.16. The third kappa shape index (κ3) is 5.45. The van der Waals surface area contributed by atoms with Gasteiger partial charge < -0.3 is 18.9 Å². The van der Waals surface area contributed by atoms with Crippen molar-refractivity contribution in [1.82, 2.24) is 0 Å². The van der Waals surface area contributed by atoms with Crippen LogP contribution in [0.3, 0.4) is 0 Å². The fourth-order valence-electron chi connectivity index (χ4n) is 4.54. The molecule has 1 saturated heterocycles. The number of benzene rings is 3. The van der Waals surface area contributed by atoms with Crippen LogP contribution in [0.1, 0.15) is 23.1 Å². The van der Waals surface area contributed by atoms with Crippen molar-refractivity contribution in [1.29, 1.82) is 0 Å². The molecule has 2 aliphatic rings. The van der Waals surface area contributed by atoms with Crippen LogP contribution < -0.4 is 0 Å². The Labute approximate surface area is 190 Å². The predicted octanol–water partition coefficient (Wildman–Crippen LogP) is 5.16. The Balaban J connectivity index is 1.26. The second-order valence-electron chi connectivity index (χ2n) is 8.66. The first-order valence-corrected chi connectivity index (χ1v) is 11.4. The Morgan fingerprint density at radius 1 is 0.625 bits per heavy atom. The molecule has 0 bridgehead atoms. The minimum absolute atomic E-state index is 0.0709. The average molecular weight is 431 g/mol. The largest absolute Gasteiger partial charge is 0.376 e. The van der Waals surface area contributed by atoms with E-state index in [1.165, 1.54) is 5.56 Å². The van der Waals surface area contributed by atoms with E-state index in [2.05, 4.69) is 36.4 Å². The molecule has 0 spiro atoms. The topological polar surface area (TPSA) is 40.2 Å². The molecule has 4 nitrogen and oxygen atoms in total. The number of fused-ring (bicyclic) bond motifs is 1. The summed E-state index contributed by atoms with van der Waals surface area (Å²) in [5.74, 6) is 0.229. The minimum Gasteiger partial charge on any atom is -0.376 e. The number of epoxide rings is 1. The van der Waals surface area contributed by atoms with Crippen molar-refractivity contribution in [3.05, 3.63) is 108 Å². The molecule has 5 atom stereocenters. The first-order chi connectivity index (χ1) is 15.9. The van der Waals surface area contributed by atoms with Gasteiger partial charge in [0.25, 0.3) is 0 Å².